The fourth-order valence-electron chi connectivity index (χ4n) is 1.03. The van der Waals surface area contributed by atoms with Crippen LogP contribution in [0, 0.1) is 11.3 Å². The third-order valence-corrected chi connectivity index (χ3v) is 1.99. The van der Waals surface area contributed by atoms with Crippen LogP contribution >= 0.6 is 11.6 Å². The van der Waals surface area contributed by atoms with Gasteiger partial charge in [0.2, 0.25) is 0 Å². The Morgan fingerprint density at radius 1 is 1.40 bits per heavy atom. The number of carbonyl (C=O) groups excluding carboxylic acids is 1. The molecular formula is C11H10ClNO2. The molecule has 0 bridgehead atoms. The van der Waals surface area contributed by atoms with Gasteiger partial charge in [-0.3, -0.25) is 4.79 Å². The van der Waals surface area contributed by atoms with E-state index < -0.39 is 0 Å². The summed E-state index contributed by atoms with van der Waals surface area (Å²) >= 11 is 5.70. The van der Waals surface area contributed by atoms with E-state index in [4.69, 9.17) is 21.6 Å². The first kappa shape index (κ1) is 11.5. The zero-order valence-corrected chi connectivity index (χ0v) is 8.83. The van der Waals surface area contributed by atoms with Gasteiger partial charge in [0.15, 0.2) is 0 Å². The molecule has 0 saturated heterocycles. The molecule has 0 aliphatic rings. The SMILES string of the molecule is N#CCCOC(=O)Cc1ccc(Cl)cc1. The summed E-state index contributed by atoms with van der Waals surface area (Å²) in [6.45, 7) is 0.156. The highest BCUT2D eigenvalue weighted by molar-refractivity contribution is 6.30. The molecule has 0 spiro atoms. The van der Waals surface area contributed by atoms with Crippen molar-refractivity contribution in [3.8, 4) is 6.07 Å². The normalized spacial score (nSPS) is 9.33. The highest BCUT2D eigenvalue weighted by Gasteiger charge is 2.03. The Labute approximate surface area is 93.2 Å². The highest BCUT2D eigenvalue weighted by Crippen LogP contribution is 2.10. The molecule has 0 N–H and O–H groups in total. The molecule has 0 unspecified atom stereocenters. The first-order valence-corrected chi connectivity index (χ1v) is 4.87. The van der Waals surface area contributed by atoms with Crippen molar-refractivity contribution >= 4 is 17.6 Å². The lowest BCUT2D eigenvalue weighted by Crippen LogP contribution is -2.08. The van der Waals surface area contributed by atoms with Crippen molar-refractivity contribution in [2.75, 3.05) is 6.61 Å². The van der Waals surface area contributed by atoms with Crippen LogP contribution < -0.4 is 0 Å². The fraction of sp³-hybridized carbons (Fsp3) is 0.273. The van der Waals surface area contributed by atoms with Crippen LogP contribution in [-0.4, -0.2) is 12.6 Å². The smallest absolute Gasteiger partial charge is 0.310 e. The zero-order valence-electron chi connectivity index (χ0n) is 8.07. The maximum Gasteiger partial charge on any atom is 0.310 e. The molecule has 0 amide bonds. The van der Waals surface area contributed by atoms with E-state index in [2.05, 4.69) is 0 Å². The van der Waals surface area contributed by atoms with Crippen molar-refractivity contribution in [3.05, 3.63) is 34.9 Å². The van der Waals surface area contributed by atoms with E-state index in [1.165, 1.54) is 0 Å². The molecule has 1 aromatic carbocycles. The molecule has 1 aromatic rings. The van der Waals surface area contributed by atoms with Crippen LogP contribution in [0.3, 0.4) is 0 Å². The summed E-state index contributed by atoms with van der Waals surface area (Å²) in [5.74, 6) is -0.326. The molecule has 4 heteroatoms. The lowest BCUT2D eigenvalue weighted by molar-refractivity contribution is -0.142. The molecule has 0 aliphatic heterocycles. The van der Waals surface area contributed by atoms with E-state index in [9.17, 15) is 4.79 Å². The van der Waals surface area contributed by atoms with E-state index in [0.717, 1.165) is 5.56 Å². The molecule has 0 aromatic heterocycles. The fourth-order valence-corrected chi connectivity index (χ4v) is 1.16. The minimum absolute atomic E-state index is 0.156. The van der Waals surface area contributed by atoms with Crippen LogP contribution in [0.1, 0.15) is 12.0 Å². The topological polar surface area (TPSA) is 50.1 Å². The van der Waals surface area contributed by atoms with Gasteiger partial charge in [0.1, 0.15) is 6.61 Å². The second-order valence-corrected chi connectivity index (χ2v) is 3.37. The number of hydrogen-bond acceptors (Lipinski definition) is 3. The van der Waals surface area contributed by atoms with E-state index in [0.29, 0.717) is 5.02 Å². The van der Waals surface area contributed by atoms with Crippen LogP contribution in [0.15, 0.2) is 24.3 Å². The molecule has 15 heavy (non-hydrogen) atoms. The molecule has 3 nitrogen and oxygen atoms in total. The third kappa shape index (κ3) is 4.48. The Morgan fingerprint density at radius 3 is 2.67 bits per heavy atom. The average molecular weight is 224 g/mol. The summed E-state index contributed by atoms with van der Waals surface area (Å²) in [7, 11) is 0. The maximum atomic E-state index is 11.2. The van der Waals surface area contributed by atoms with Crippen molar-refractivity contribution in [1.82, 2.24) is 0 Å². The van der Waals surface area contributed by atoms with Crippen molar-refractivity contribution < 1.29 is 9.53 Å². The Kier molecular flexibility index (Phi) is 4.65. The van der Waals surface area contributed by atoms with Gasteiger partial charge < -0.3 is 4.74 Å². The van der Waals surface area contributed by atoms with Gasteiger partial charge >= 0.3 is 5.97 Å². The van der Waals surface area contributed by atoms with Crippen LogP contribution in [0.5, 0.6) is 0 Å². The largest absolute Gasteiger partial charge is 0.464 e. The molecule has 0 aliphatic carbocycles. The molecule has 0 fully saturated rings. The molecule has 78 valence electrons. The van der Waals surface area contributed by atoms with Crippen LogP contribution in [-0.2, 0) is 16.0 Å². The van der Waals surface area contributed by atoms with E-state index in [1.807, 2.05) is 6.07 Å². The van der Waals surface area contributed by atoms with Gasteiger partial charge in [-0.1, -0.05) is 23.7 Å². The molecule has 0 saturated carbocycles. The number of benzene rings is 1. The Hall–Kier alpha value is -1.53. The first-order valence-electron chi connectivity index (χ1n) is 4.49. The summed E-state index contributed by atoms with van der Waals surface area (Å²) in [6, 6.07) is 8.89. The quantitative estimate of drug-likeness (QED) is 0.582. The zero-order chi connectivity index (χ0) is 11.1. The molecule has 0 radical (unpaired) electrons. The summed E-state index contributed by atoms with van der Waals surface area (Å²) in [4.78, 5) is 11.2. The van der Waals surface area contributed by atoms with Crippen molar-refractivity contribution in [2.24, 2.45) is 0 Å². The molecule has 0 heterocycles. The standard InChI is InChI=1S/C11H10ClNO2/c12-10-4-2-9(3-5-10)8-11(14)15-7-1-6-13/h2-5H,1,7-8H2. The summed E-state index contributed by atoms with van der Waals surface area (Å²) in [5, 5.41) is 8.88. The Morgan fingerprint density at radius 2 is 2.07 bits per heavy atom. The van der Waals surface area contributed by atoms with Crippen LogP contribution in [0.2, 0.25) is 5.02 Å². The van der Waals surface area contributed by atoms with Gasteiger partial charge in [0, 0.05) is 5.02 Å². The lowest BCUT2D eigenvalue weighted by atomic mass is 10.1. The van der Waals surface area contributed by atoms with E-state index in [-0.39, 0.29) is 25.4 Å². The Bertz CT molecular complexity index is 367. The minimum atomic E-state index is -0.326. The number of nitrogens with zero attached hydrogens (tertiary/aromatic N) is 1. The van der Waals surface area contributed by atoms with Gasteiger partial charge in [-0.25, -0.2) is 0 Å². The van der Waals surface area contributed by atoms with Crippen molar-refractivity contribution in [2.45, 2.75) is 12.8 Å². The third-order valence-electron chi connectivity index (χ3n) is 1.74. The summed E-state index contributed by atoms with van der Waals surface area (Å²) in [6.07, 6.45) is 0.439. The summed E-state index contributed by atoms with van der Waals surface area (Å²) < 4.78 is 4.82. The number of carbonyl (C=O) groups is 1. The van der Waals surface area contributed by atoms with Crippen molar-refractivity contribution in [3.63, 3.8) is 0 Å². The van der Waals surface area contributed by atoms with Crippen LogP contribution in [0.4, 0.5) is 0 Å². The first-order chi connectivity index (χ1) is 7.22. The second-order valence-electron chi connectivity index (χ2n) is 2.93. The lowest BCUT2D eigenvalue weighted by Gasteiger charge is -2.02. The number of halogens is 1. The monoisotopic (exact) mass is 223 g/mol. The number of hydrogen-bond donors (Lipinski definition) is 0. The van der Waals surface area contributed by atoms with Gasteiger partial charge in [-0.2, -0.15) is 5.26 Å². The molecular weight excluding hydrogens is 214 g/mol. The number of rotatable bonds is 4. The molecule has 0 atom stereocenters. The maximum absolute atomic E-state index is 11.2. The van der Waals surface area contributed by atoms with Gasteiger partial charge in [0.05, 0.1) is 18.9 Å². The van der Waals surface area contributed by atoms with Gasteiger partial charge in [-0.05, 0) is 17.7 Å². The van der Waals surface area contributed by atoms with Gasteiger partial charge in [0.25, 0.3) is 0 Å². The second kappa shape index (κ2) is 6.05. The van der Waals surface area contributed by atoms with Gasteiger partial charge in [-0.15, -0.1) is 0 Å². The predicted molar refractivity (Wildman–Crippen MR) is 56.3 cm³/mol. The number of esters is 1. The predicted octanol–water partition coefficient (Wildman–Crippen LogP) is 2.34. The summed E-state index contributed by atoms with van der Waals surface area (Å²) in [5.41, 5.74) is 0.848. The number of ether oxygens (including phenoxy) is 1. The minimum Gasteiger partial charge on any atom is -0.464 e. The number of nitriles is 1. The highest BCUT2D eigenvalue weighted by atomic mass is 35.5. The van der Waals surface area contributed by atoms with E-state index >= 15 is 0 Å². The van der Waals surface area contributed by atoms with Crippen LogP contribution in [0.25, 0.3) is 0 Å². The Balaban J connectivity index is 2.38. The van der Waals surface area contributed by atoms with E-state index in [1.54, 1.807) is 24.3 Å². The molecule has 1 rings (SSSR count). The average Bonchev–Trinajstić information content (AvgIpc) is 2.22. The van der Waals surface area contributed by atoms with Crippen molar-refractivity contribution in [1.29, 1.82) is 5.26 Å².